The molecule has 7 nitrogen and oxygen atoms in total. The number of ether oxygens (including phenoxy) is 1. The molecule has 0 aliphatic rings. The quantitative estimate of drug-likeness (QED) is 0.515. The summed E-state index contributed by atoms with van der Waals surface area (Å²) in [5.41, 5.74) is 3.59. The number of hydrazone groups is 1. The average molecular weight is 404 g/mol. The zero-order valence-electron chi connectivity index (χ0n) is 16.2. The van der Waals surface area contributed by atoms with Crippen LogP contribution in [0, 0.1) is 0 Å². The van der Waals surface area contributed by atoms with Crippen LogP contribution in [0.25, 0.3) is 0 Å². The predicted octanol–water partition coefficient (Wildman–Crippen LogP) is 2.78. The minimum absolute atomic E-state index is 0.416. The van der Waals surface area contributed by atoms with Gasteiger partial charge in [0.1, 0.15) is 11.8 Å². The van der Waals surface area contributed by atoms with Crippen molar-refractivity contribution >= 4 is 27.8 Å². The second-order valence-corrected chi connectivity index (χ2v) is 8.08. The Hall–Kier alpha value is -2.87. The summed E-state index contributed by atoms with van der Waals surface area (Å²) in [7, 11) is -3.65. The summed E-state index contributed by atoms with van der Waals surface area (Å²) < 4.78 is 30.9. The Morgan fingerprint density at radius 2 is 1.82 bits per heavy atom. The number of carbonyl (C=O) groups excluding carboxylic acids is 1. The third-order valence-electron chi connectivity index (χ3n) is 3.84. The van der Waals surface area contributed by atoms with E-state index in [-0.39, 0.29) is 0 Å². The standard InChI is InChI=1S/C20H25N3O4S/c1-4-14-27-19-12-10-17(11-13-19)15-21-22-20(24)16(2)23(28(3,25)26)18-8-6-5-7-9-18/h5-13,15-16H,4,14H2,1-3H3,(H,22,24)/b21-15-/t16-/m1/s1. The van der Waals surface area contributed by atoms with E-state index in [1.54, 1.807) is 30.3 Å². The number of anilines is 1. The van der Waals surface area contributed by atoms with Gasteiger partial charge in [0.05, 0.1) is 24.8 Å². The van der Waals surface area contributed by atoms with Gasteiger partial charge in [-0.25, -0.2) is 13.8 Å². The number of hydrogen-bond donors (Lipinski definition) is 1. The molecule has 0 aliphatic carbocycles. The van der Waals surface area contributed by atoms with E-state index in [9.17, 15) is 13.2 Å². The largest absolute Gasteiger partial charge is 0.494 e. The van der Waals surface area contributed by atoms with Crippen LogP contribution in [0.1, 0.15) is 25.8 Å². The fourth-order valence-corrected chi connectivity index (χ4v) is 3.69. The molecule has 28 heavy (non-hydrogen) atoms. The van der Waals surface area contributed by atoms with Crippen LogP contribution in [0.2, 0.25) is 0 Å². The summed E-state index contributed by atoms with van der Waals surface area (Å²) in [5.74, 6) is 0.233. The van der Waals surface area contributed by atoms with E-state index >= 15 is 0 Å². The van der Waals surface area contributed by atoms with Crippen molar-refractivity contribution in [1.82, 2.24) is 5.43 Å². The molecule has 0 bridgehead atoms. The summed E-state index contributed by atoms with van der Waals surface area (Å²) >= 11 is 0. The molecule has 1 amide bonds. The maximum absolute atomic E-state index is 12.4. The smallest absolute Gasteiger partial charge is 0.263 e. The Morgan fingerprint density at radius 1 is 1.18 bits per heavy atom. The Bertz CT molecular complexity index is 897. The minimum Gasteiger partial charge on any atom is -0.494 e. The van der Waals surface area contributed by atoms with Crippen LogP contribution < -0.4 is 14.5 Å². The van der Waals surface area contributed by atoms with Gasteiger partial charge in [-0.05, 0) is 55.3 Å². The van der Waals surface area contributed by atoms with Crippen molar-refractivity contribution in [3.05, 3.63) is 60.2 Å². The number of hydrogen-bond acceptors (Lipinski definition) is 5. The molecule has 0 radical (unpaired) electrons. The van der Waals surface area contributed by atoms with Crippen LogP contribution >= 0.6 is 0 Å². The summed E-state index contributed by atoms with van der Waals surface area (Å²) in [6.45, 7) is 4.20. The van der Waals surface area contributed by atoms with Crippen molar-refractivity contribution in [3.8, 4) is 5.75 Å². The Balaban J connectivity index is 2.03. The number of sulfonamides is 1. The zero-order chi connectivity index (χ0) is 20.6. The Kier molecular flexibility index (Phi) is 7.57. The summed E-state index contributed by atoms with van der Waals surface area (Å²) in [4.78, 5) is 12.4. The molecule has 2 aromatic rings. The molecule has 0 saturated heterocycles. The van der Waals surface area contributed by atoms with Crippen molar-refractivity contribution in [1.29, 1.82) is 0 Å². The van der Waals surface area contributed by atoms with Crippen molar-refractivity contribution in [3.63, 3.8) is 0 Å². The number of rotatable bonds is 9. The zero-order valence-corrected chi connectivity index (χ0v) is 17.0. The summed E-state index contributed by atoms with van der Waals surface area (Å²) in [5, 5.41) is 3.93. The monoisotopic (exact) mass is 403 g/mol. The van der Waals surface area contributed by atoms with E-state index in [0.29, 0.717) is 12.3 Å². The molecular formula is C20H25N3O4S. The molecule has 0 aliphatic heterocycles. The van der Waals surface area contributed by atoms with Gasteiger partial charge in [-0.15, -0.1) is 0 Å². The van der Waals surface area contributed by atoms with E-state index in [1.807, 2.05) is 31.2 Å². The third kappa shape index (κ3) is 6.09. The Morgan fingerprint density at radius 3 is 2.39 bits per heavy atom. The van der Waals surface area contributed by atoms with Gasteiger partial charge in [0, 0.05) is 0 Å². The Labute approximate surface area is 166 Å². The van der Waals surface area contributed by atoms with Gasteiger partial charge in [0.15, 0.2) is 0 Å². The number of benzene rings is 2. The maximum atomic E-state index is 12.4. The molecule has 2 rings (SSSR count). The SMILES string of the molecule is CCCOc1ccc(/C=N\NC(=O)[C@@H](C)N(c2ccccc2)S(C)(=O)=O)cc1. The highest BCUT2D eigenvalue weighted by atomic mass is 32.2. The van der Waals surface area contributed by atoms with Crippen molar-refractivity contribution in [2.24, 2.45) is 5.10 Å². The van der Waals surface area contributed by atoms with Crippen molar-refractivity contribution < 1.29 is 17.9 Å². The number of para-hydroxylation sites is 1. The molecule has 8 heteroatoms. The molecule has 0 unspecified atom stereocenters. The number of nitrogens with one attached hydrogen (secondary N) is 1. The van der Waals surface area contributed by atoms with Gasteiger partial charge < -0.3 is 4.74 Å². The molecule has 2 aromatic carbocycles. The van der Waals surface area contributed by atoms with E-state index < -0.39 is 22.0 Å². The van der Waals surface area contributed by atoms with E-state index in [0.717, 1.165) is 28.3 Å². The second-order valence-electron chi connectivity index (χ2n) is 6.22. The highest BCUT2D eigenvalue weighted by Gasteiger charge is 2.28. The summed E-state index contributed by atoms with van der Waals surface area (Å²) in [6, 6.07) is 14.8. The second kappa shape index (κ2) is 9.89. The lowest BCUT2D eigenvalue weighted by atomic mass is 10.2. The maximum Gasteiger partial charge on any atom is 0.263 e. The number of carbonyl (C=O) groups is 1. The van der Waals surface area contributed by atoms with Crippen LogP contribution in [0.5, 0.6) is 5.75 Å². The number of amides is 1. The van der Waals surface area contributed by atoms with Crippen LogP contribution in [0.4, 0.5) is 5.69 Å². The van der Waals surface area contributed by atoms with Crippen LogP contribution in [-0.4, -0.2) is 39.4 Å². The van der Waals surface area contributed by atoms with Gasteiger partial charge in [-0.3, -0.25) is 9.10 Å². The lowest BCUT2D eigenvalue weighted by molar-refractivity contribution is -0.121. The number of nitrogens with zero attached hydrogens (tertiary/aromatic N) is 2. The first-order valence-electron chi connectivity index (χ1n) is 8.93. The molecule has 0 saturated carbocycles. The van der Waals surface area contributed by atoms with E-state index in [2.05, 4.69) is 10.5 Å². The van der Waals surface area contributed by atoms with Crippen molar-refractivity contribution in [2.45, 2.75) is 26.3 Å². The highest BCUT2D eigenvalue weighted by molar-refractivity contribution is 7.92. The fraction of sp³-hybridized carbons (Fsp3) is 0.300. The van der Waals surface area contributed by atoms with E-state index in [1.165, 1.54) is 13.1 Å². The highest BCUT2D eigenvalue weighted by Crippen LogP contribution is 2.20. The summed E-state index contributed by atoms with van der Waals surface area (Å²) in [6.07, 6.45) is 3.48. The van der Waals surface area contributed by atoms with Gasteiger partial charge in [-0.1, -0.05) is 25.1 Å². The molecule has 1 atom stereocenters. The van der Waals surface area contributed by atoms with Crippen LogP contribution in [-0.2, 0) is 14.8 Å². The van der Waals surface area contributed by atoms with Crippen molar-refractivity contribution in [2.75, 3.05) is 17.2 Å². The lowest BCUT2D eigenvalue weighted by Gasteiger charge is -2.27. The normalized spacial score (nSPS) is 12.5. The van der Waals surface area contributed by atoms with E-state index in [4.69, 9.17) is 4.74 Å². The van der Waals surface area contributed by atoms with Crippen LogP contribution in [0.15, 0.2) is 59.7 Å². The minimum atomic E-state index is -3.65. The fourth-order valence-electron chi connectivity index (χ4n) is 2.52. The van der Waals surface area contributed by atoms with Crippen LogP contribution in [0.3, 0.4) is 0 Å². The van der Waals surface area contributed by atoms with Gasteiger partial charge >= 0.3 is 0 Å². The lowest BCUT2D eigenvalue weighted by Crippen LogP contribution is -2.46. The molecular weight excluding hydrogens is 378 g/mol. The van der Waals surface area contributed by atoms with Gasteiger partial charge in [0.25, 0.3) is 5.91 Å². The molecule has 0 spiro atoms. The van der Waals surface area contributed by atoms with Gasteiger partial charge in [-0.2, -0.15) is 5.10 Å². The topological polar surface area (TPSA) is 88.1 Å². The molecule has 1 N–H and O–H groups in total. The van der Waals surface area contributed by atoms with Gasteiger partial charge in [0.2, 0.25) is 10.0 Å². The first-order valence-corrected chi connectivity index (χ1v) is 10.8. The molecule has 0 aromatic heterocycles. The first kappa shape index (κ1) is 21.4. The average Bonchev–Trinajstić information content (AvgIpc) is 2.67. The first-order chi connectivity index (χ1) is 13.3. The molecule has 0 fully saturated rings. The predicted molar refractivity (Wildman–Crippen MR) is 111 cm³/mol. The molecule has 150 valence electrons. The molecule has 0 heterocycles. The third-order valence-corrected chi connectivity index (χ3v) is 5.08.